The van der Waals surface area contributed by atoms with Gasteiger partial charge in [-0.25, -0.2) is 0 Å². The molecule has 2 N–H and O–H groups in total. The van der Waals surface area contributed by atoms with Gasteiger partial charge in [0.05, 0.1) is 0 Å². The van der Waals surface area contributed by atoms with E-state index in [1.807, 2.05) is 0 Å². The maximum absolute atomic E-state index is 10.6. The average molecular weight is 268 g/mol. The third-order valence-corrected chi connectivity index (χ3v) is 2.92. The Balaban J connectivity index is 3.04. The summed E-state index contributed by atoms with van der Waals surface area (Å²) in [7, 11) is 0. The fourth-order valence-electron chi connectivity index (χ4n) is 1.45. The molecule has 0 saturated carbocycles. The summed E-state index contributed by atoms with van der Waals surface area (Å²) in [6.45, 7) is 0. The highest BCUT2D eigenvalue weighted by Crippen LogP contribution is 2.47. The van der Waals surface area contributed by atoms with Crippen molar-refractivity contribution in [3.63, 3.8) is 0 Å². The molecule has 0 fully saturated rings. The summed E-state index contributed by atoms with van der Waals surface area (Å²) in [5, 5.41) is 22.9. The predicted molar refractivity (Wildman–Crippen MR) is 60.4 cm³/mol. The minimum Gasteiger partial charge on any atom is -0.506 e. The maximum atomic E-state index is 10.6. The number of halogens is 1. The van der Waals surface area contributed by atoms with E-state index in [4.69, 9.17) is 0 Å². The quantitative estimate of drug-likeness (QED) is 0.778. The highest BCUT2D eigenvalue weighted by atomic mass is 79.9. The molecule has 0 heterocycles. The number of hydrogen-bond acceptors (Lipinski definition) is 4. The number of fused-ring (bicyclic) bond motifs is 1. The number of phenols is 2. The van der Waals surface area contributed by atoms with Crippen molar-refractivity contribution in [3.8, 4) is 11.5 Å². The molecule has 5 heteroatoms. The van der Waals surface area contributed by atoms with E-state index in [2.05, 4.69) is 21.1 Å². The van der Waals surface area contributed by atoms with Crippen molar-refractivity contribution >= 4 is 32.4 Å². The lowest BCUT2D eigenvalue weighted by atomic mass is 10.1. The fraction of sp³-hybridized carbons (Fsp3) is 0. The van der Waals surface area contributed by atoms with Gasteiger partial charge in [-0.05, 0) is 21.1 Å². The lowest BCUT2D eigenvalue weighted by Gasteiger charge is -2.07. The Morgan fingerprint density at radius 2 is 1.67 bits per heavy atom. The van der Waals surface area contributed by atoms with Gasteiger partial charge in [-0.2, -0.15) is 0 Å². The maximum Gasteiger partial charge on any atom is 0.163 e. The molecular weight excluding hydrogens is 262 g/mol. The van der Waals surface area contributed by atoms with Crippen LogP contribution in [0.4, 0.5) is 5.69 Å². The number of nitroso groups, excluding NO2 is 1. The summed E-state index contributed by atoms with van der Waals surface area (Å²) < 4.78 is 0.0794. The first-order valence-electron chi connectivity index (χ1n) is 4.12. The molecule has 4 nitrogen and oxygen atoms in total. The highest BCUT2D eigenvalue weighted by molar-refractivity contribution is 9.10. The van der Waals surface area contributed by atoms with Crippen LogP contribution >= 0.6 is 15.9 Å². The molecule has 0 saturated heterocycles. The molecule has 15 heavy (non-hydrogen) atoms. The summed E-state index contributed by atoms with van der Waals surface area (Å²) >= 11 is 2.99. The number of benzene rings is 2. The molecule has 0 bridgehead atoms. The van der Waals surface area contributed by atoms with Gasteiger partial charge < -0.3 is 10.2 Å². The standard InChI is InChI=1S/C10H6BrNO3/c11-7-9(13)6-4-2-1-3-5(6)8(12-15)10(7)14/h1-4,13-14H. The Kier molecular flexibility index (Phi) is 2.32. The first-order chi connectivity index (χ1) is 7.16. The Hall–Kier alpha value is -1.62. The third-order valence-electron chi connectivity index (χ3n) is 2.17. The van der Waals surface area contributed by atoms with Crippen LogP contribution in [0.5, 0.6) is 11.5 Å². The van der Waals surface area contributed by atoms with Crippen LogP contribution in [0.2, 0.25) is 0 Å². The van der Waals surface area contributed by atoms with E-state index >= 15 is 0 Å². The van der Waals surface area contributed by atoms with Gasteiger partial charge in [-0.1, -0.05) is 24.3 Å². The van der Waals surface area contributed by atoms with Crippen molar-refractivity contribution in [1.29, 1.82) is 0 Å². The van der Waals surface area contributed by atoms with Crippen molar-refractivity contribution in [2.45, 2.75) is 0 Å². The van der Waals surface area contributed by atoms with Gasteiger partial charge in [-0.15, -0.1) is 4.91 Å². The SMILES string of the molecule is O=Nc1c(O)c(Br)c(O)c2ccccc12. The third kappa shape index (κ3) is 1.35. The van der Waals surface area contributed by atoms with E-state index in [0.717, 1.165) is 0 Å². The minimum atomic E-state index is -0.346. The topological polar surface area (TPSA) is 69.9 Å². The summed E-state index contributed by atoms with van der Waals surface area (Å²) in [5.41, 5.74) is -0.0738. The van der Waals surface area contributed by atoms with Gasteiger partial charge in [0.15, 0.2) is 11.4 Å². The van der Waals surface area contributed by atoms with Gasteiger partial charge >= 0.3 is 0 Å². The van der Waals surface area contributed by atoms with Crippen LogP contribution in [0.15, 0.2) is 33.9 Å². The molecule has 2 aromatic rings. The van der Waals surface area contributed by atoms with E-state index in [1.54, 1.807) is 24.3 Å². The van der Waals surface area contributed by atoms with E-state index in [1.165, 1.54) is 0 Å². The number of nitrogens with zero attached hydrogens (tertiary/aromatic N) is 1. The lowest BCUT2D eigenvalue weighted by Crippen LogP contribution is -1.79. The molecule has 76 valence electrons. The largest absolute Gasteiger partial charge is 0.506 e. The minimum absolute atomic E-state index is 0.0738. The summed E-state index contributed by atoms with van der Waals surface area (Å²) in [6, 6.07) is 6.67. The van der Waals surface area contributed by atoms with Gasteiger partial charge in [0.25, 0.3) is 0 Å². The van der Waals surface area contributed by atoms with Gasteiger partial charge in [-0.3, -0.25) is 0 Å². The summed E-state index contributed by atoms with van der Waals surface area (Å²) in [4.78, 5) is 10.6. The number of hydrogen-bond donors (Lipinski definition) is 2. The average Bonchev–Trinajstić information content (AvgIpc) is 2.27. The fourth-order valence-corrected chi connectivity index (χ4v) is 1.85. The molecule has 2 rings (SSSR count). The first-order valence-corrected chi connectivity index (χ1v) is 4.91. The molecule has 0 unspecified atom stereocenters. The molecule has 0 aliphatic carbocycles. The Labute approximate surface area is 93.3 Å². The van der Waals surface area contributed by atoms with Gasteiger partial charge in [0.2, 0.25) is 0 Å². The Bertz CT molecular complexity index is 554. The molecule has 2 aromatic carbocycles. The van der Waals surface area contributed by atoms with Crippen molar-refractivity contribution in [2.75, 3.05) is 0 Å². The second-order valence-electron chi connectivity index (χ2n) is 3.00. The summed E-state index contributed by atoms with van der Waals surface area (Å²) in [6.07, 6.45) is 0. The van der Waals surface area contributed by atoms with Crippen molar-refractivity contribution in [3.05, 3.63) is 33.6 Å². The smallest absolute Gasteiger partial charge is 0.163 e. The predicted octanol–water partition coefficient (Wildman–Crippen LogP) is 3.41. The number of phenolic OH excluding ortho intramolecular Hbond substituents is 2. The van der Waals surface area contributed by atoms with Crippen LogP contribution < -0.4 is 0 Å². The molecule has 0 radical (unpaired) electrons. The zero-order valence-electron chi connectivity index (χ0n) is 7.44. The molecule has 0 aliphatic rings. The van der Waals surface area contributed by atoms with Crippen LogP contribution in [-0.4, -0.2) is 10.2 Å². The lowest BCUT2D eigenvalue weighted by molar-refractivity contribution is 0.450. The Morgan fingerprint density at radius 1 is 1.07 bits per heavy atom. The zero-order chi connectivity index (χ0) is 11.0. The van der Waals surface area contributed by atoms with E-state index in [-0.39, 0.29) is 21.7 Å². The van der Waals surface area contributed by atoms with Crippen molar-refractivity contribution in [2.24, 2.45) is 5.18 Å². The zero-order valence-corrected chi connectivity index (χ0v) is 9.02. The van der Waals surface area contributed by atoms with E-state index in [0.29, 0.717) is 10.8 Å². The van der Waals surface area contributed by atoms with Crippen LogP contribution in [0.25, 0.3) is 10.8 Å². The van der Waals surface area contributed by atoms with Crippen LogP contribution in [-0.2, 0) is 0 Å². The monoisotopic (exact) mass is 267 g/mol. The summed E-state index contributed by atoms with van der Waals surface area (Å²) in [5.74, 6) is -0.447. The van der Waals surface area contributed by atoms with Crippen LogP contribution in [0.1, 0.15) is 0 Å². The number of aromatic hydroxyl groups is 2. The van der Waals surface area contributed by atoms with Gasteiger partial charge in [0, 0.05) is 10.8 Å². The molecule has 0 aromatic heterocycles. The molecule has 0 atom stereocenters. The van der Waals surface area contributed by atoms with Gasteiger partial charge in [0.1, 0.15) is 10.2 Å². The normalized spacial score (nSPS) is 10.5. The molecule has 0 amide bonds. The highest BCUT2D eigenvalue weighted by Gasteiger charge is 2.16. The van der Waals surface area contributed by atoms with Crippen molar-refractivity contribution < 1.29 is 10.2 Å². The second kappa shape index (κ2) is 3.51. The second-order valence-corrected chi connectivity index (χ2v) is 3.79. The van der Waals surface area contributed by atoms with Crippen LogP contribution in [0.3, 0.4) is 0 Å². The Morgan fingerprint density at radius 3 is 2.27 bits per heavy atom. The molecule has 0 aliphatic heterocycles. The van der Waals surface area contributed by atoms with Crippen molar-refractivity contribution in [1.82, 2.24) is 0 Å². The first kappa shape index (κ1) is 9.92. The van der Waals surface area contributed by atoms with E-state index < -0.39 is 0 Å². The molecule has 0 spiro atoms. The van der Waals surface area contributed by atoms with E-state index in [9.17, 15) is 15.1 Å². The number of rotatable bonds is 1. The van der Waals surface area contributed by atoms with Crippen LogP contribution in [0, 0.1) is 4.91 Å². The molecular formula is C10H6BrNO3.